The molecule has 9 heavy (non-hydrogen) atoms. The van der Waals surface area contributed by atoms with Gasteiger partial charge in [0.2, 0.25) is 0 Å². The molecule has 5 heteroatoms. The lowest BCUT2D eigenvalue weighted by Gasteiger charge is -2.14. The maximum Gasteiger partial charge on any atom is 0.282 e. The number of quaternary nitrogens is 1. The predicted octanol–water partition coefficient (Wildman–Crippen LogP) is -6.24. The highest BCUT2D eigenvalue weighted by molar-refractivity contribution is 3.87. The van der Waals surface area contributed by atoms with E-state index in [1.165, 1.54) is 0 Å². The Hall–Kier alpha value is 0.570. The molecule has 0 atom stereocenters. The van der Waals surface area contributed by atoms with Crippen LogP contribution in [0.1, 0.15) is 0 Å². The van der Waals surface area contributed by atoms with Gasteiger partial charge in [-0.25, -0.2) is 0 Å². The van der Waals surface area contributed by atoms with Crippen LogP contribution < -0.4 is 31.4 Å². The van der Waals surface area contributed by atoms with Crippen LogP contribution in [-0.4, -0.2) is 32.7 Å². The van der Waals surface area contributed by atoms with Gasteiger partial charge in [-0.15, -0.1) is 0 Å². The molecule has 0 N–H and O–H groups in total. The summed E-state index contributed by atoms with van der Waals surface area (Å²) >= 11 is -4.01. The summed E-state index contributed by atoms with van der Waals surface area (Å²) in [5.41, 5.74) is 0. The molecule has 0 aliphatic heterocycles. The van der Waals surface area contributed by atoms with Crippen molar-refractivity contribution < 1.29 is 35.9 Å². The average Bonchev–Trinajstić information content (AvgIpc) is 1.19. The van der Waals surface area contributed by atoms with Crippen molar-refractivity contribution in [3.05, 3.63) is 0 Å². The van der Waals surface area contributed by atoms with E-state index in [1.807, 2.05) is 0 Å². The second-order valence-electron chi connectivity index (χ2n) is 2.87. The van der Waals surface area contributed by atoms with Gasteiger partial charge in [-0.2, -0.15) is 0 Å². The summed E-state index contributed by atoms with van der Waals surface area (Å²) in [4.78, 5) is 0. The maximum absolute atomic E-state index is 8.57. The molecule has 0 amide bonds. The minimum atomic E-state index is -4.01. The van der Waals surface area contributed by atoms with E-state index in [1.54, 1.807) is 0 Å². The van der Waals surface area contributed by atoms with Crippen LogP contribution in [0.3, 0.4) is 0 Å². The molecule has 0 spiro atoms. The van der Waals surface area contributed by atoms with Crippen molar-refractivity contribution >= 4 is 0 Å². The molecular formula is C4H12INO3. The summed E-state index contributed by atoms with van der Waals surface area (Å²) in [7, 11) is 8.50. The van der Waals surface area contributed by atoms with Gasteiger partial charge in [0.25, 0.3) is 21.1 Å². The van der Waals surface area contributed by atoms with Crippen LogP contribution in [0.2, 0.25) is 0 Å². The molecule has 0 aromatic heterocycles. The molecule has 4 nitrogen and oxygen atoms in total. The highest BCUT2D eigenvalue weighted by Crippen LogP contribution is 1.73. The molecule has 0 radical (unpaired) electrons. The molecule has 0 saturated carbocycles. The highest BCUT2D eigenvalue weighted by atomic mass is 127. The monoisotopic (exact) mass is 249 g/mol. The third-order valence-corrected chi connectivity index (χ3v) is 0. The third-order valence-electron chi connectivity index (χ3n) is 0. The first-order chi connectivity index (χ1) is 3.73. The topological polar surface area (TPSA) is 69.2 Å². The van der Waals surface area contributed by atoms with Gasteiger partial charge in [-0.1, -0.05) is 0 Å². The SMILES string of the molecule is C[N+](C)(C)C.[O-][I+2]([O-])[O-]. The fourth-order valence-corrected chi connectivity index (χ4v) is 0. The third kappa shape index (κ3) is 1140. The molecule has 0 rings (SSSR count). The smallest absolute Gasteiger partial charge is 0.282 e. The van der Waals surface area contributed by atoms with E-state index in [0.717, 1.165) is 4.48 Å². The summed E-state index contributed by atoms with van der Waals surface area (Å²) in [5.74, 6) is 0. The second kappa shape index (κ2) is 5.36. The lowest BCUT2D eigenvalue weighted by atomic mass is 10.8. The van der Waals surface area contributed by atoms with Gasteiger partial charge in [0.05, 0.1) is 28.2 Å². The Bertz CT molecular complexity index is 52.6. The second-order valence-corrected chi connectivity index (χ2v) is 3.95. The van der Waals surface area contributed by atoms with Gasteiger partial charge in [-0.05, 0) is 0 Å². The van der Waals surface area contributed by atoms with Crippen molar-refractivity contribution in [3.63, 3.8) is 0 Å². The van der Waals surface area contributed by atoms with Crippen molar-refractivity contribution in [1.29, 1.82) is 0 Å². The normalized spacial score (nSPS) is 10.7. The van der Waals surface area contributed by atoms with Crippen molar-refractivity contribution in [1.82, 2.24) is 0 Å². The first kappa shape index (κ1) is 12.3. The Morgan fingerprint density at radius 3 is 0.889 bits per heavy atom. The summed E-state index contributed by atoms with van der Waals surface area (Å²) in [6.45, 7) is 0. The van der Waals surface area contributed by atoms with E-state index in [0.29, 0.717) is 0 Å². The highest BCUT2D eigenvalue weighted by Gasteiger charge is 1.88. The molecule has 0 aliphatic carbocycles. The molecule has 0 heterocycles. The van der Waals surface area contributed by atoms with E-state index >= 15 is 0 Å². The number of nitrogens with zero attached hydrogens (tertiary/aromatic N) is 1. The zero-order chi connectivity index (χ0) is 8.08. The first-order valence-electron chi connectivity index (χ1n) is 2.25. The largest absolute Gasteiger partial charge is 0.427 e. The summed E-state index contributed by atoms with van der Waals surface area (Å²) < 4.78 is 26.7. The molecule has 0 aliphatic rings. The minimum absolute atomic E-state index is 1.00. The number of hydrogen-bond acceptors (Lipinski definition) is 3. The molecular weight excluding hydrogens is 237 g/mol. The lowest BCUT2D eigenvalue weighted by molar-refractivity contribution is -1.73. The fraction of sp³-hybridized carbons (Fsp3) is 1.00. The zero-order valence-corrected chi connectivity index (χ0v) is 8.21. The fourth-order valence-electron chi connectivity index (χ4n) is 0. The standard InChI is InChI=1S/C4H12N.IO3/c1-5(2,3)4;2-1(3)4/h1-4H3;/q+1;-1. The first-order valence-corrected chi connectivity index (χ1v) is 4.89. The van der Waals surface area contributed by atoms with Crippen LogP contribution in [0.5, 0.6) is 0 Å². The molecule has 0 aromatic rings. The Labute approximate surface area is 64.4 Å². The van der Waals surface area contributed by atoms with Gasteiger partial charge >= 0.3 is 0 Å². The van der Waals surface area contributed by atoms with Gasteiger partial charge in [0, 0.05) is 0 Å². The van der Waals surface area contributed by atoms with Gasteiger partial charge in [0.1, 0.15) is 0 Å². The van der Waals surface area contributed by atoms with Crippen molar-refractivity contribution in [2.75, 3.05) is 28.2 Å². The molecule has 0 bridgehead atoms. The predicted molar refractivity (Wildman–Crippen MR) is 24.0 cm³/mol. The minimum Gasteiger partial charge on any atom is -0.427 e. The molecule has 58 valence electrons. The van der Waals surface area contributed by atoms with E-state index < -0.39 is 21.1 Å². The van der Waals surface area contributed by atoms with Crippen molar-refractivity contribution in [3.8, 4) is 0 Å². The van der Waals surface area contributed by atoms with Crippen LogP contribution in [0.4, 0.5) is 0 Å². The van der Waals surface area contributed by atoms with Crippen molar-refractivity contribution in [2.45, 2.75) is 0 Å². The van der Waals surface area contributed by atoms with E-state index in [4.69, 9.17) is 10.3 Å². The van der Waals surface area contributed by atoms with Gasteiger partial charge in [0.15, 0.2) is 0 Å². The molecule has 0 aromatic carbocycles. The van der Waals surface area contributed by atoms with Crippen LogP contribution in [0, 0.1) is 0 Å². The Balaban J connectivity index is 0. The Morgan fingerprint density at radius 2 is 0.889 bits per heavy atom. The van der Waals surface area contributed by atoms with E-state index in [-0.39, 0.29) is 0 Å². The van der Waals surface area contributed by atoms with Crippen LogP contribution in [0.15, 0.2) is 0 Å². The van der Waals surface area contributed by atoms with Gasteiger partial charge < -0.3 is 14.8 Å². The zero-order valence-electron chi connectivity index (χ0n) is 6.05. The van der Waals surface area contributed by atoms with Crippen LogP contribution in [0.25, 0.3) is 0 Å². The summed E-state index contributed by atoms with van der Waals surface area (Å²) in [6.07, 6.45) is 0. The van der Waals surface area contributed by atoms with E-state index in [2.05, 4.69) is 28.2 Å². The number of halogens is 1. The number of hydrogen-bond donors (Lipinski definition) is 0. The van der Waals surface area contributed by atoms with Crippen LogP contribution in [-0.2, 0) is 0 Å². The average molecular weight is 249 g/mol. The number of rotatable bonds is 0. The Morgan fingerprint density at radius 1 is 0.889 bits per heavy atom. The van der Waals surface area contributed by atoms with E-state index in [9.17, 15) is 0 Å². The quantitative estimate of drug-likeness (QED) is 0.317. The van der Waals surface area contributed by atoms with Gasteiger partial charge in [-0.3, -0.25) is 0 Å². The Kier molecular flexibility index (Phi) is 7.31. The molecule has 0 saturated heterocycles. The summed E-state index contributed by atoms with van der Waals surface area (Å²) in [6, 6.07) is 0. The molecule has 0 fully saturated rings. The maximum atomic E-state index is 8.57. The molecule has 0 unspecified atom stereocenters. The van der Waals surface area contributed by atoms with Crippen molar-refractivity contribution in [2.24, 2.45) is 0 Å². The van der Waals surface area contributed by atoms with Crippen LogP contribution >= 0.6 is 0 Å². The lowest BCUT2D eigenvalue weighted by Crippen LogP contribution is -4.05. The summed E-state index contributed by atoms with van der Waals surface area (Å²) in [5, 5.41) is 0.